The lowest BCUT2D eigenvalue weighted by molar-refractivity contribution is 0.331. The number of benzene rings is 7. The van der Waals surface area contributed by atoms with Crippen LogP contribution in [0.25, 0.3) is 71.7 Å². The summed E-state index contributed by atoms with van der Waals surface area (Å²) < 4.78 is 10.2. The third-order valence-corrected chi connectivity index (χ3v) is 19.8. The molecule has 73 heavy (non-hydrogen) atoms. The second-order valence-corrected chi connectivity index (χ2v) is 28.7. The Morgan fingerprint density at radius 3 is 1.70 bits per heavy atom. The predicted octanol–water partition coefficient (Wildman–Crippen LogP) is 17.5. The number of anilines is 2. The summed E-state index contributed by atoms with van der Waals surface area (Å²) in [6.45, 7) is 38.7. The molecular weight excluding hydrogens is 884 g/mol. The highest BCUT2D eigenvalue weighted by molar-refractivity contribution is 6.94. The lowest BCUT2D eigenvalue weighted by Crippen LogP contribution is -2.60. The van der Waals surface area contributed by atoms with E-state index in [-0.39, 0.29) is 44.8 Å². The van der Waals surface area contributed by atoms with Gasteiger partial charge in [0.1, 0.15) is 11.2 Å². The lowest BCUT2D eigenvalue weighted by Gasteiger charge is -2.43. The Kier molecular flexibility index (Phi) is 8.64. The van der Waals surface area contributed by atoms with E-state index in [2.05, 4.69) is 223 Å². The van der Waals surface area contributed by atoms with Crippen molar-refractivity contribution in [3.05, 3.63) is 148 Å². The molecule has 0 spiro atoms. The van der Waals surface area contributed by atoms with Gasteiger partial charge in [0.2, 0.25) is 0 Å². The Balaban J connectivity index is 1.20. The van der Waals surface area contributed by atoms with Gasteiger partial charge in [-0.2, -0.15) is 0 Å². The first-order chi connectivity index (χ1) is 34.2. The first-order valence-corrected chi connectivity index (χ1v) is 27.6. The van der Waals surface area contributed by atoms with E-state index in [0.717, 1.165) is 11.2 Å². The Hall–Kier alpha value is -6.00. The molecule has 0 unspecified atom stereocenters. The van der Waals surface area contributed by atoms with Crippen molar-refractivity contribution in [3.63, 3.8) is 0 Å². The molecule has 0 saturated heterocycles. The topological polar surface area (TPSA) is 21.3 Å². The summed E-state index contributed by atoms with van der Waals surface area (Å²) in [7, 11) is 0. The molecule has 0 saturated carbocycles. The van der Waals surface area contributed by atoms with Crippen LogP contribution < -0.4 is 15.7 Å². The van der Waals surface area contributed by atoms with Crippen LogP contribution >= 0.6 is 0 Å². The van der Waals surface area contributed by atoms with Crippen molar-refractivity contribution in [1.29, 1.82) is 0 Å². The largest absolute Gasteiger partial charge is 0.455 e. The van der Waals surface area contributed by atoms with E-state index >= 15 is 0 Å². The number of aromatic nitrogens is 1. The fourth-order valence-corrected chi connectivity index (χ4v) is 15.0. The molecule has 0 bridgehead atoms. The Morgan fingerprint density at radius 2 is 1.05 bits per heavy atom. The summed E-state index contributed by atoms with van der Waals surface area (Å²) >= 11 is 0. The van der Waals surface area contributed by atoms with Crippen LogP contribution in [0.1, 0.15) is 181 Å². The van der Waals surface area contributed by atoms with Gasteiger partial charge in [0.05, 0.1) is 11.0 Å². The fourth-order valence-electron chi connectivity index (χ4n) is 15.0. The number of hydrogen-bond donors (Lipinski definition) is 0. The van der Waals surface area contributed by atoms with Gasteiger partial charge in [-0.05, 0) is 179 Å². The number of furan rings is 1. The van der Waals surface area contributed by atoms with Crippen molar-refractivity contribution in [2.75, 3.05) is 4.81 Å². The van der Waals surface area contributed by atoms with Gasteiger partial charge in [-0.1, -0.05) is 159 Å². The summed E-state index contributed by atoms with van der Waals surface area (Å²) in [4.78, 5) is 2.76. The van der Waals surface area contributed by atoms with E-state index in [9.17, 15) is 0 Å². The molecule has 3 nitrogen and oxygen atoms in total. The zero-order valence-corrected chi connectivity index (χ0v) is 46.5. The number of nitrogens with zero attached hydrogens (tertiary/aromatic N) is 2. The monoisotopic (exact) mass is 957 g/mol. The fraction of sp³-hybridized carbons (Fsp3) is 0.391. The molecule has 0 N–H and O–H groups in total. The minimum atomic E-state index is -0.218. The van der Waals surface area contributed by atoms with Gasteiger partial charge in [-0.15, -0.1) is 0 Å². The van der Waals surface area contributed by atoms with Crippen molar-refractivity contribution in [2.45, 2.75) is 174 Å². The van der Waals surface area contributed by atoms with Crippen molar-refractivity contribution in [1.82, 2.24) is 4.57 Å². The second-order valence-electron chi connectivity index (χ2n) is 28.7. The number of rotatable bonds is 1. The highest BCUT2D eigenvalue weighted by Crippen LogP contribution is 2.59. The summed E-state index contributed by atoms with van der Waals surface area (Å²) in [5, 5.41) is 5.08. The van der Waals surface area contributed by atoms with Crippen LogP contribution in [0.3, 0.4) is 0 Å². The molecule has 0 amide bonds. The van der Waals surface area contributed by atoms with Crippen LogP contribution in [0.15, 0.2) is 108 Å². The summed E-state index contributed by atoms with van der Waals surface area (Å²) in [5.74, 6) is 0. The molecule has 3 aliphatic carbocycles. The molecule has 9 aromatic rings. The van der Waals surface area contributed by atoms with Gasteiger partial charge in [0.15, 0.2) is 0 Å². The standard InChI is InChI=1S/C69H73BN2O/c1-63(2,3)38-21-24-40(25-22-38)72-55-36-47-42(43-33-48-50(35-46(43)69(47,15)16)67(11,12)29-27-65(48,7)8)32-44(55)59-60-61-57(58-41-19-17-18-20-56(41)73-62(58)59)45-34-49-51(68(13,14)30-28-66(49,9)10)37-54(45)71(61)53-26-23-39(64(4,5)6)31-52(53)70(60)72/h17-26,31-37H,27-30H2,1-16H3. The van der Waals surface area contributed by atoms with Gasteiger partial charge in [0.25, 0.3) is 0 Å². The Bertz CT molecular complexity index is 3960. The summed E-state index contributed by atoms with van der Waals surface area (Å²) in [6, 6.07) is 41.8. The molecule has 2 aromatic heterocycles. The molecule has 0 radical (unpaired) electrons. The molecule has 2 aliphatic heterocycles. The number of para-hydroxylation sites is 1. The van der Waals surface area contributed by atoms with E-state index in [1.165, 1.54) is 153 Å². The average molecular weight is 957 g/mol. The molecule has 14 rings (SSSR count). The molecule has 368 valence electrons. The molecule has 0 fully saturated rings. The highest BCUT2D eigenvalue weighted by Gasteiger charge is 2.50. The first-order valence-electron chi connectivity index (χ1n) is 27.6. The lowest BCUT2D eigenvalue weighted by atomic mass is 9.43. The molecule has 4 heteroatoms. The normalized spacial score (nSPS) is 19.2. The Labute approximate surface area is 434 Å². The van der Waals surface area contributed by atoms with E-state index in [1.807, 2.05) is 0 Å². The van der Waals surface area contributed by atoms with Crippen LogP contribution in [-0.4, -0.2) is 11.4 Å². The third-order valence-electron chi connectivity index (χ3n) is 19.8. The Morgan fingerprint density at radius 1 is 0.493 bits per heavy atom. The van der Waals surface area contributed by atoms with E-state index in [1.54, 1.807) is 0 Å². The average Bonchev–Trinajstić information content (AvgIpc) is 3.95. The zero-order chi connectivity index (χ0) is 51.2. The molecule has 0 atom stereocenters. The molecule has 5 aliphatic rings. The van der Waals surface area contributed by atoms with Crippen LogP contribution in [0.2, 0.25) is 0 Å². The minimum Gasteiger partial charge on any atom is -0.455 e. The highest BCUT2D eigenvalue weighted by atomic mass is 16.3. The SMILES string of the molecule is CC(C)(C)c1ccc(N2B3c4cc(C(C)(C)C)ccc4-n4c5cc6c(cc5c5c7c(oc8ccccc87)c(c3c54)-c3cc4c(cc32)C(C)(C)c2cc3c(cc2-4)C(C)(C)CCC3(C)C)C(C)(C)CCC6(C)C)cc1. The maximum atomic E-state index is 7.52. The van der Waals surface area contributed by atoms with Crippen molar-refractivity contribution >= 4 is 72.9 Å². The van der Waals surface area contributed by atoms with Gasteiger partial charge in [0, 0.05) is 55.1 Å². The van der Waals surface area contributed by atoms with E-state index in [4.69, 9.17) is 4.42 Å². The van der Waals surface area contributed by atoms with Gasteiger partial charge < -0.3 is 13.8 Å². The van der Waals surface area contributed by atoms with Crippen LogP contribution in [0, 0.1) is 0 Å². The molecular formula is C69H73BN2O. The van der Waals surface area contributed by atoms with Crippen molar-refractivity contribution < 1.29 is 4.42 Å². The van der Waals surface area contributed by atoms with Gasteiger partial charge in [-0.25, -0.2) is 0 Å². The number of fused-ring (bicyclic) bond motifs is 18. The quantitative estimate of drug-likeness (QED) is 0.153. The second kappa shape index (κ2) is 13.8. The maximum Gasteiger partial charge on any atom is 0.333 e. The zero-order valence-electron chi connectivity index (χ0n) is 46.5. The minimum absolute atomic E-state index is 0.0190. The van der Waals surface area contributed by atoms with E-state index < -0.39 is 0 Å². The number of hydrogen-bond acceptors (Lipinski definition) is 2. The third kappa shape index (κ3) is 5.90. The smallest absolute Gasteiger partial charge is 0.333 e. The first kappa shape index (κ1) is 45.6. The van der Waals surface area contributed by atoms with E-state index in [0.29, 0.717) is 0 Å². The van der Waals surface area contributed by atoms with Crippen molar-refractivity contribution in [3.8, 4) is 27.9 Å². The van der Waals surface area contributed by atoms with Crippen LogP contribution in [-0.2, 0) is 37.9 Å². The van der Waals surface area contributed by atoms with Crippen LogP contribution in [0.5, 0.6) is 0 Å². The van der Waals surface area contributed by atoms with Gasteiger partial charge in [-0.3, -0.25) is 0 Å². The van der Waals surface area contributed by atoms with Crippen molar-refractivity contribution in [2.24, 2.45) is 0 Å². The van der Waals surface area contributed by atoms with Crippen LogP contribution in [0.4, 0.5) is 11.4 Å². The summed E-state index contributed by atoms with van der Waals surface area (Å²) in [6.07, 6.45) is 4.72. The molecule has 4 heterocycles. The van der Waals surface area contributed by atoms with Gasteiger partial charge >= 0.3 is 6.85 Å². The predicted molar refractivity (Wildman–Crippen MR) is 313 cm³/mol. The maximum absolute atomic E-state index is 7.52. The molecule has 7 aromatic carbocycles. The summed E-state index contributed by atoms with van der Waals surface area (Å²) in [5.41, 5.74) is 27.9.